The van der Waals surface area contributed by atoms with Crippen LogP contribution in [0.15, 0.2) is 36.4 Å². The molecule has 2 aromatic rings. The molecule has 2 aromatic carbocycles. The van der Waals surface area contributed by atoms with E-state index in [9.17, 15) is 31.5 Å². The van der Waals surface area contributed by atoms with E-state index >= 15 is 0 Å². The quantitative estimate of drug-likeness (QED) is 0.466. The maximum atomic E-state index is 13.3. The van der Waals surface area contributed by atoms with Crippen molar-refractivity contribution in [2.75, 3.05) is 0 Å². The first-order valence-corrected chi connectivity index (χ1v) is 8.58. The van der Waals surface area contributed by atoms with Gasteiger partial charge in [0, 0.05) is 12.0 Å². The molecule has 0 radical (unpaired) electrons. The Morgan fingerprint density at radius 3 is 1.93 bits per heavy atom. The molecular formula is C20H17F5O5. The van der Waals surface area contributed by atoms with E-state index in [0.717, 1.165) is 12.1 Å². The van der Waals surface area contributed by atoms with E-state index in [1.165, 1.54) is 38.1 Å². The molecule has 0 saturated heterocycles. The molecule has 0 heterocycles. The van der Waals surface area contributed by atoms with Crippen molar-refractivity contribution in [2.45, 2.75) is 39.2 Å². The van der Waals surface area contributed by atoms with E-state index in [-0.39, 0.29) is 41.1 Å². The van der Waals surface area contributed by atoms with Gasteiger partial charge in [-0.2, -0.15) is 8.78 Å². The Labute approximate surface area is 168 Å². The molecule has 0 fully saturated rings. The average molecular weight is 432 g/mol. The number of Topliss-reactive ketones (excluding diaryl/α,β-unsaturated/α-hetero) is 1. The van der Waals surface area contributed by atoms with Crippen molar-refractivity contribution in [1.82, 2.24) is 0 Å². The first-order valence-electron chi connectivity index (χ1n) is 8.58. The first kappa shape index (κ1) is 23.1. The van der Waals surface area contributed by atoms with E-state index in [1.807, 2.05) is 0 Å². The van der Waals surface area contributed by atoms with Crippen molar-refractivity contribution in [3.05, 3.63) is 58.7 Å². The topological polar surface area (TPSA) is 72.8 Å². The number of carbonyl (C=O) groups is 2. The highest BCUT2D eigenvalue weighted by Gasteiger charge is 2.43. The van der Waals surface area contributed by atoms with Crippen LogP contribution in [0.5, 0.6) is 11.5 Å². The zero-order valence-electron chi connectivity index (χ0n) is 15.8. The molecule has 0 bridgehead atoms. The summed E-state index contributed by atoms with van der Waals surface area (Å²) in [5, 5.41) is 8.49. The van der Waals surface area contributed by atoms with Gasteiger partial charge in [0.2, 0.25) is 0 Å². The third-order valence-electron chi connectivity index (χ3n) is 4.05. The summed E-state index contributed by atoms with van der Waals surface area (Å²) in [5.74, 6) is -3.46. The minimum absolute atomic E-state index is 0.0177. The minimum Gasteiger partial charge on any atom is -0.474 e. The largest absolute Gasteiger partial charge is 0.573 e. The Morgan fingerprint density at radius 1 is 0.933 bits per heavy atom. The van der Waals surface area contributed by atoms with E-state index in [1.54, 1.807) is 0 Å². The van der Waals surface area contributed by atoms with Crippen LogP contribution in [0, 0.1) is 13.8 Å². The Hall–Kier alpha value is -3.17. The molecule has 30 heavy (non-hydrogen) atoms. The van der Waals surface area contributed by atoms with Crippen LogP contribution in [-0.4, -0.2) is 29.3 Å². The van der Waals surface area contributed by atoms with Gasteiger partial charge in [-0.25, -0.2) is 4.79 Å². The second-order valence-corrected chi connectivity index (χ2v) is 6.48. The number of aliphatic carboxylic acids is 1. The summed E-state index contributed by atoms with van der Waals surface area (Å²) in [7, 11) is 0. The van der Waals surface area contributed by atoms with E-state index in [2.05, 4.69) is 9.47 Å². The Bertz CT molecular complexity index is 913. The number of rotatable bonds is 8. The van der Waals surface area contributed by atoms with Crippen LogP contribution < -0.4 is 9.47 Å². The minimum atomic E-state index is -4.83. The summed E-state index contributed by atoms with van der Waals surface area (Å²) in [6.07, 6.45) is -8.96. The van der Waals surface area contributed by atoms with Gasteiger partial charge in [-0.3, -0.25) is 4.79 Å². The maximum Gasteiger partial charge on any atom is 0.573 e. The average Bonchev–Trinajstić information content (AvgIpc) is 2.62. The molecule has 0 unspecified atom stereocenters. The van der Waals surface area contributed by atoms with Crippen molar-refractivity contribution in [3.63, 3.8) is 0 Å². The Balaban J connectivity index is 2.05. The highest BCUT2D eigenvalue weighted by molar-refractivity contribution is 5.96. The molecule has 10 heteroatoms. The first-order chi connectivity index (χ1) is 13.8. The summed E-state index contributed by atoms with van der Waals surface area (Å²) in [6.45, 7) is 2.93. The van der Waals surface area contributed by atoms with Crippen molar-refractivity contribution in [2.24, 2.45) is 0 Å². The van der Waals surface area contributed by atoms with Gasteiger partial charge in [0.25, 0.3) is 0 Å². The molecular weight excluding hydrogens is 415 g/mol. The number of benzene rings is 2. The predicted octanol–water partition coefficient (Wildman–Crippen LogP) is 5.07. The lowest BCUT2D eigenvalue weighted by molar-refractivity contribution is -0.274. The molecule has 5 nitrogen and oxygen atoms in total. The van der Waals surface area contributed by atoms with Crippen LogP contribution in [0.25, 0.3) is 0 Å². The van der Waals surface area contributed by atoms with E-state index < -0.39 is 24.2 Å². The number of carboxylic acid groups (broad SMARTS) is 1. The summed E-state index contributed by atoms with van der Waals surface area (Å²) < 4.78 is 71.2. The van der Waals surface area contributed by atoms with Crippen LogP contribution in [-0.2, 0) is 11.2 Å². The Kier molecular flexibility index (Phi) is 6.69. The van der Waals surface area contributed by atoms with Crippen LogP contribution in [0.3, 0.4) is 0 Å². The molecule has 0 atom stereocenters. The molecule has 2 rings (SSSR count). The number of carboxylic acids is 1. The fraction of sp³-hybridized carbons (Fsp3) is 0.300. The number of carbonyl (C=O) groups excluding carboxylic acids is 1. The number of halogens is 5. The van der Waals surface area contributed by atoms with Gasteiger partial charge in [0.1, 0.15) is 11.5 Å². The van der Waals surface area contributed by atoms with Gasteiger partial charge in [-0.05, 0) is 61.2 Å². The molecule has 162 valence electrons. The fourth-order valence-electron chi connectivity index (χ4n) is 2.76. The molecule has 0 aliphatic heterocycles. The van der Waals surface area contributed by atoms with Gasteiger partial charge in [-0.1, -0.05) is 12.1 Å². The standard InChI is InChI=1S/C20H17F5O5/c1-11-9-13(10-12(2)17(11)30-19(21,22)18(27)28)3-8-16(26)14-4-6-15(7-5-14)29-20(23,24)25/h4-7,9-10H,3,8H2,1-2H3,(H,27,28). The smallest absolute Gasteiger partial charge is 0.474 e. The zero-order valence-corrected chi connectivity index (χ0v) is 15.8. The Morgan fingerprint density at radius 2 is 1.47 bits per heavy atom. The van der Waals surface area contributed by atoms with Crippen molar-refractivity contribution in [3.8, 4) is 11.5 Å². The predicted molar refractivity (Wildman–Crippen MR) is 94.9 cm³/mol. The molecule has 1 N–H and O–H groups in total. The summed E-state index contributed by atoms with van der Waals surface area (Å²) in [4.78, 5) is 22.8. The summed E-state index contributed by atoms with van der Waals surface area (Å²) in [5.41, 5.74) is 1.36. The lowest BCUT2D eigenvalue weighted by Gasteiger charge is -2.18. The third-order valence-corrected chi connectivity index (χ3v) is 4.05. The molecule has 0 saturated carbocycles. The summed E-state index contributed by atoms with van der Waals surface area (Å²) in [6, 6.07) is 7.48. The van der Waals surface area contributed by atoms with Crippen LogP contribution in [0.2, 0.25) is 0 Å². The van der Waals surface area contributed by atoms with Gasteiger partial charge in [-0.15, -0.1) is 13.2 Å². The number of alkyl halides is 5. The van der Waals surface area contributed by atoms with Crippen molar-refractivity contribution >= 4 is 11.8 Å². The van der Waals surface area contributed by atoms with E-state index in [0.29, 0.717) is 5.56 Å². The zero-order chi connectivity index (χ0) is 22.7. The second kappa shape index (κ2) is 8.68. The number of hydrogen-bond acceptors (Lipinski definition) is 4. The molecule has 0 aliphatic rings. The third kappa shape index (κ3) is 6.16. The number of ether oxygens (including phenoxy) is 2. The highest BCUT2D eigenvalue weighted by atomic mass is 19.4. The summed E-state index contributed by atoms with van der Waals surface area (Å²) >= 11 is 0. The van der Waals surface area contributed by atoms with Crippen LogP contribution in [0.4, 0.5) is 22.0 Å². The molecule has 0 spiro atoms. The SMILES string of the molecule is Cc1cc(CCC(=O)c2ccc(OC(F)(F)F)cc2)cc(C)c1OC(F)(F)C(=O)O. The molecule has 0 amide bonds. The van der Waals surface area contributed by atoms with Gasteiger partial charge in [0.15, 0.2) is 5.78 Å². The van der Waals surface area contributed by atoms with Gasteiger partial charge < -0.3 is 14.6 Å². The number of aryl methyl sites for hydroxylation is 3. The molecule has 0 aliphatic carbocycles. The lowest BCUT2D eigenvalue weighted by Crippen LogP contribution is -2.35. The second-order valence-electron chi connectivity index (χ2n) is 6.48. The highest BCUT2D eigenvalue weighted by Crippen LogP contribution is 2.31. The monoisotopic (exact) mass is 432 g/mol. The number of hydrogen-bond donors (Lipinski definition) is 1. The fourth-order valence-corrected chi connectivity index (χ4v) is 2.76. The van der Waals surface area contributed by atoms with Gasteiger partial charge >= 0.3 is 18.4 Å². The van der Waals surface area contributed by atoms with Crippen molar-refractivity contribution in [1.29, 1.82) is 0 Å². The maximum absolute atomic E-state index is 13.3. The normalized spacial score (nSPS) is 11.8. The molecule has 0 aromatic heterocycles. The lowest BCUT2D eigenvalue weighted by atomic mass is 9.99. The van der Waals surface area contributed by atoms with Gasteiger partial charge in [0.05, 0.1) is 0 Å². The van der Waals surface area contributed by atoms with E-state index in [4.69, 9.17) is 5.11 Å². The van der Waals surface area contributed by atoms with Crippen LogP contribution >= 0.6 is 0 Å². The van der Waals surface area contributed by atoms with Crippen molar-refractivity contribution < 1.29 is 46.1 Å². The number of ketones is 1. The van der Waals surface area contributed by atoms with Crippen LogP contribution in [0.1, 0.15) is 33.5 Å².